The Morgan fingerprint density at radius 3 is 2.57 bits per heavy atom. The molecule has 1 aliphatic carbocycles. The number of piperazine rings is 1. The number of nitrogens with one attached hydrogen (secondary N) is 1. The summed E-state index contributed by atoms with van der Waals surface area (Å²) in [5.41, 5.74) is 1.37. The van der Waals surface area contributed by atoms with Crippen LogP contribution in [0.25, 0.3) is 0 Å². The Kier molecular flexibility index (Phi) is 6.01. The van der Waals surface area contributed by atoms with E-state index in [-0.39, 0.29) is 11.2 Å². The number of amides is 1. The standard InChI is InChI=1S/C21H29N5OS/c1-3-26-19(18-9-10-18)22-23-21(26)28-16(2)20(27)25-13-11-24(12-14-25)15-17-7-5-4-6-8-17/h4-8,16,18H,3,9-15H2,1-2H3/p+1/t16-/m0/s1. The molecule has 1 aromatic carbocycles. The Morgan fingerprint density at radius 1 is 1.21 bits per heavy atom. The van der Waals surface area contributed by atoms with E-state index in [9.17, 15) is 4.79 Å². The average molecular weight is 401 g/mol. The van der Waals surface area contributed by atoms with Crippen LogP contribution >= 0.6 is 11.8 Å². The van der Waals surface area contributed by atoms with Gasteiger partial charge in [-0.2, -0.15) is 0 Å². The summed E-state index contributed by atoms with van der Waals surface area (Å²) in [6, 6.07) is 10.6. The highest BCUT2D eigenvalue weighted by Gasteiger charge is 2.32. The molecule has 1 saturated carbocycles. The molecule has 0 unspecified atom stereocenters. The van der Waals surface area contributed by atoms with Crippen molar-refractivity contribution in [2.45, 2.75) is 56.1 Å². The zero-order chi connectivity index (χ0) is 19.5. The Balaban J connectivity index is 1.30. The third kappa shape index (κ3) is 4.41. The molecule has 2 fully saturated rings. The summed E-state index contributed by atoms with van der Waals surface area (Å²) in [5.74, 6) is 1.90. The van der Waals surface area contributed by atoms with Crippen molar-refractivity contribution in [2.75, 3.05) is 26.2 Å². The Bertz CT molecular complexity index is 796. The van der Waals surface area contributed by atoms with Crippen LogP contribution < -0.4 is 4.90 Å². The summed E-state index contributed by atoms with van der Waals surface area (Å²) in [6.45, 7) is 9.71. The predicted octanol–water partition coefficient (Wildman–Crippen LogP) is 1.58. The highest BCUT2D eigenvalue weighted by Crippen LogP contribution is 2.40. The minimum Gasteiger partial charge on any atom is -0.330 e. The van der Waals surface area contributed by atoms with E-state index >= 15 is 0 Å². The van der Waals surface area contributed by atoms with E-state index in [1.165, 1.54) is 18.4 Å². The molecule has 6 nitrogen and oxygen atoms in total. The SMILES string of the molecule is CCn1c(S[C@@H](C)C(=O)N2CC[NH+](Cc3ccccc3)CC2)nnc1C1CC1. The third-order valence-electron chi connectivity index (χ3n) is 5.71. The molecule has 2 aromatic rings. The molecular formula is C21H30N5OS+. The Hall–Kier alpha value is -1.86. The van der Waals surface area contributed by atoms with Gasteiger partial charge in [0.25, 0.3) is 0 Å². The normalized spacial score (nSPS) is 19.0. The lowest BCUT2D eigenvalue weighted by molar-refractivity contribution is -0.917. The minimum atomic E-state index is -0.128. The van der Waals surface area contributed by atoms with Gasteiger partial charge in [-0.05, 0) is 26.7 Å². The zero-order valence-corrected chi connectivity index (χ0v) is 17.6. The van der Waals surface area contributed by atoms with Crippen LogP contribution in [0.4, 0.5) is 0 Å². The molecule has 1 saturated heterocycles. The Morgan fingerprint density at radius 2 is 1.93 bits per heavy atom. The van der Waals surface area contributed by atoms with Gasteiger partial charge in [0.15, 0.2) is 5.16 Å². The van der Waals surface area contributed by atoms with Crippen molar-refractivity contribution >= 4 is 17.7 Å². The monoisotopic (exact) mass is 400 g/mol. The fourth-order valence-electron chi connectivity index (χ4n) is 3.90. The van der Waals surface area contributed by atoms with E-state index in [2.05, 4.69) is 52.0 Å². The van der Waals surface area contributed by atoms with E-state index in [1.807, 2.05) is 11.8 Å². The van der Waals surface area contributed by atoms with E-state index in [4.69, 9.17) is 0 Å². The van der Waals surface area contributed by atoms with Crippen LogP contribution in [0.3, 0.4) is 0 Å². The zero-order valence-electron chi connectivity index (χ0n) is 16.8. The lowest BCUT2D eigenvalue weighted by Gasteiger charge is -2.33. The minimum absolute atomic E-state index is 0.128. The molecule has 4 rings (SSSR count). The van der Waals surface area contributed by atoms with Crippen molar-refractivity contribution in [2.24, 2.45) is 0 Å². The lowest BCUT2D eigenvalue weighted by atomic mass is 10.2. The molecule has 28 heavy (non-hydrogen) atoms. The molecule has 1 amide bonds. The number of nitrogens with zero attached hydrogens (tertiary/aromatic N) is 4. The van der Waals surface area contributed by atoms with E-state index in [0.717, 1.165) is 50.2 Å². The second-order valence-corrected chi connectivity index (χ2v) is 9.17. The van der Waals surface area contributed by atoms with Crippen LogP contribution in [0.15, 0.2) is 35.5 Å². The van der Waals surface area contributed by atoms with Gasteiger partial charge in [0.1, 0.15) is 12.4 Å². The van der Waals surface area contributed by atoms with Gasteiger partial charge in [-0.3, -0.25) is 4.79 Å². The van der Waals surface area contributed by atoms with Gasteiger partial charge >= 0.3 is 0 Å². The van der Waals surface area contributed by atoms with Gasteiger partial charge in [-0.25, -0.2) is 0 Å². The number of hydrogen-bond acceptors (Lipinski definition) is 4. The molecule has 150 valence electrons. The first-order chi connectivity index (χ1) is 13.7. The molecule has 1 aromatic heterocycles. The molecule has 0 bridgehead atoms. The van der Waals surface area contributed by atoms with Gasteiger partial charge in [-0.15, -0.1) is 10.2 Å². The maximum atomic E-state index is 13.0. The van der Waals surface area contributed by atoms with Gasteiger partial charge in [0.05, 0.1) is 31.4 Å². The maximum Gasteiger partial charge on any atom is 0.236 e. The fraction of sp³-hybridized carbons (Fsp3) is 0.571. The first kappa shape index (κ1) is 19.5. The molecule has 1 atom stereocenters. The number of thioether (sulfide) groups is 1. The van der Waals surface area contributed by atoms with Crippen molar-refractivity contribution < 1.29 is 9.69 Å². The summed E-state index contributed by atoms with van der Waals surface area (Å²) in [6.07, 6.45) is 2.43. The largest absolute Gasteiger partial charge is 0.330 e. The van der Waals surface area contributed by atoms with Crippen LogP contribution in [0.5, 0.6) is 0 Å². The van der Waals surface area contributed by atoms with Gasteiger partial charge in [-0.1, -0.05) is 42.1 Å². The first-order valence-corrected chi connectivity index (χ1v) is 11.3. The number of benzene rings is 1. The van der Waals surface area contributed by atoms with E-state index < -0.39 is 0 Å². The summed E-state index contributed by atoms with van der Waals surface area (Å²) in [7, 11) is 0. The lowest BCUT2D eigenvalue weighted by Crippen LogP contribution is -3.13. The number of carbonyl (C=O) groups is 1. The molecule has 0 radical (unpaired) electrons. The third-order valence-corrected chi connectivity index (χ3v) is 6.78. The van der Waals surface area contributed by atoms with Gasteiger partial charge in [0, 0.05) is 18.0 Å². The first-order valence-electron chi connectivity index (χ1n) is 10.4. The highest BCUT2D eigenvalue weighted by atomic mass is 32.2. The maximum absolute atomic E-state index is 13.0. The summed E-state index contributed by atoms with van der Waals surface area (Å²) in [5, 5.41) is 9.52. The molecule has 1 N–H and O–H groups in total. The van der Waals surface area contributed by atoms with Crippen molar-refractivity contribution in [3.63, 3.8) is 0 Å². The summed E-state index contributed by atoms with van der Waals surface area (Å²) in [4.78, 5) is 16.5. The predicted molar refractivity (Wildman–Crippen MR) is 110 cm³/mol. The number of carbonyl (C=O) groups excluding carboxylic acids is 1. The molecular weight excluding hydrogens is 370 g/mol. The van der Waals surface area contributed by atoms with Crippen molar-refractivity contribution in [3.05, 3.63) is 41.7 Å². The smallest absolute Gasteiger partial charge is 0.236 e. The average Bonchev–Trinajstić information content (AvgIpc) is 3.49. The van der Waals surface area contributed by atoms with E-state index in [1.54, 1.807) is 16.7 Å². The number of aromatic nitrogens is 3. The topological polar surface area (TPSA) is 55.5 Å². The van der Waals surface area contributed by atoms with Crippen molar-refractivity contribution in [1.29, 1.82) is 0 Å². The van der Waals surface area contributed by atoms with Crippen LogP contribution in [0, 0.1) is 0 Å². The van der Waals surface area contributed by atoms with Crippen LogP contribution in [0.2, 0.25) is 0 Å². The fourth-order valence-corrected chi connectivity index (χ4v) is 4.90. The second kappa shape index (κ2) is 8.66. The van der Waals surface area contributed by atoms with Crippen molar-refractivity contribution in [3.8, 4) is 0 Å². The summed E-state index contributed by atoms with van der Waals surface area (Å²) >= 11 is 1.56. The van der Waals surface area contributed by atoms with Crippen LogP contribution in [-0.4, -0.2) is 57.0 Å². The molecule has 1 aliphatic heterocycles. The quantitative estimate of drug-likeness (QED) is 0.717. The van der Waals surface area contributed by atoms with Crippen molar-refractivity contribution in [1.82, 2.24) is 19.7 Å². The highest BCUT2D eigenvalue weighted by molar-refractivity contribution is 8.00. The van der Waals surface area contributed by atoms with Gasteiger partial charge < -0.3 is 14.4 Å². The van der Waals surface area contributed by atoms with Gasteiger partial charge in [0.2, 0.25) is 5.91 Å². The summed E-state index contributed by atoms with van der Waals surface area (Å²) < 4.78 is 2.19. The molecule has 0 spiro atoms. The number of rotatable bonds is 7. The van der Waals surface area contributed by atoms with Crippen LogP contribution in [-0.2, 0) is 17.9 Å². The number of hydrogen-bond donors (Lipinski definition) is 1. The van der Waals surface area contributed by atoms with Crippen LogP contribution in [0.1, 0.15) is 44.0 Å². The Labute approximate surface area is 171 Å². The molecule has 2 heterocycles. The molecule has 2 aliphatic rings. The molecule has 7 heteroatoms. The number of quaternary nitrogens is 1. The second-order valence-electron chi connectivity index (χ2n) is 7.86. The van der Waals surface area contributed by atoms with E-state index in [0.29, 0.717) is 5.92 Å².